The number of nitrogens with one attached hydrogen (secondary N) is 2. The molecule has 0 aliphatic carbocycles. The van der Waals surface area contributed by atoms with Gasteiger partial charge in [0.05, 0.1) is 42.8 Å². The lowest BCUT2D eigenvalue weighted by atomic mass is 10.1. The zero-order valence-corrected chi connectivity index (χ0v) is 23.2. The van der Waals surface area contributed by atoms with E-state index in [-0.39, 0.29) is 11.8 Å². The number of ether oxygens (including phenoxy) is 2. The number of anilines is 4. The van der Waals surface area contributed by atoms with E-state index in [1.807, 2.05) is 44.4 Å². The first-order chi connectivity index (χ1) is 19.5. The summed E-state index contributed by atoms with van der Waals surface area (Å²) in [7, 11) is 3.41. The predicted octanol–water partition coefficient (Wildman–Crippen LogP) is 4.75. The van der Waals surface area contributed by atoms with Crippen LogP contribution in [0.1, 0.15) is 42.2 Å². The molecule has 1 aliphatic heterocycles. The minimum absolute atomic E-state index is 0.0253. The average Bonchev–Trinajstić information content (AvgIpc) is 3.43. The number of para-hydroxylation sites is 1. The Labute approximate surface area is 233 Å². The summed E-state index contributed by atoms with van der Waals surface area (Å²) in [5.74, 6) is 2.30. The van der Waals surface area contributed by atoms with E-state index < -0.39 is 0 Å². The van der Waals surface area contributed by atoms with Crippen molar-refractivity contribution in [3.8, 4) is 17.1 Å². The van der Waals surface area contributed by atoms with Crippen molar-refractivity contribution in [1.82, 2.24) is 29.6 Å². The van der Waals surface area contributed by atoms with E-state index in [2.05, 4.69) is 48.6 Å². The molecule has 2 N–H and O–H groups in total. The number of ketones is 1. The molecular formula is C29H34N8O3. The van der Waals surface area contributed by atoms with E-state index in [0.29, 0.717) is 46.6 Å². The summed E-state index contributed by atoms with van der Waals surface area (Å²) in [5.41, 5.74) is 3.64. The van der Waals surface area contributed by atoms with E-state index in [1.165, 1.54) is 0 Å². The average molecular weight is 543 g/mol. The lowest BCUT2D eigenvalue weighted by Gasteiger charge is -2.32. The lowest BCUT2D eigenvalue weighted by molar-refractivity contribution is 0.0198. The molecule has 1 saturated heterocycles. The Hall–Kier alpha value is -4.35. The van der Waals surface area contributed by atoms with Crippen molar-refractivity contribution in [2.24, 2.45) is 7.05 Å². The largest absolute Gasteiger partial charge is 0.494 e. The normalized spacial score (nSPS) is 14.5. The van der Waals surface area contributed by atoms with Gasteiger partial charge in [0.1, 0.15) is 18.0 Å². The van der Waals surface area contributed by atoms with E-state index >= 15 is 0 Å². The summed E-state index contributed by atoms with van der Waals surface area (Å²) < 4.78 is 12.9. The molecule has 0 radical (unpaired) electrons. The van der Waals surface area contributed by atoms with Crippen molar-refractivity contribution in [3.63, 3.8) is 0 Å². The number of carbonyl (C=O) groups is 1. The first-order valence-corrected chi connectivity index (χ1v) is 13.3. The Morgan fingerprint density at radius 2 is 1.85 bits per heavy atom. The molecule has 0 spiro atoms. The summed E-state index contributed by atoms with van der Waals surface area (Å²) in [6, 6.07) is 11.7. The maximum absolute atomic E-state index is 12.8. The van der Waals surface area contributed by atoms with Crippen LogP contribution in [0.3, 0.4) is 0 Å². The van der Waals surface area contributed by atoms with Gasteiger partial charge in [-0.2, -0.15) is 5.10 Å². The second-order valence-corrected chi connectivity index (χ2v) is 9.57. The summed E-state index contributed by atoms with van der Waals surface area (Å²) in [4.78, 5) is 28.7. The molecule has 1 aromatic carbocycles. The molecule has 11 heteroatoms. The van der Waals surface area contributed by atoms with Crippen molar-refractivity contribution < 1.29 is 14.3 Å². The Kier molecular flexibility index (Phi) is 8.32. The topological polar surface area (TPSA) is 119 Å². The number of aryl methyl sites for hydroxylation is 1. The maximum atomic E-state index is 12.8. The van der Waals surface area contributed by atoms with Crippen LogP contribution in [-0.2, 0) is 11.8 Å². The van der Waals surface area contributed by atoms with Crippen LogP contribution in [0, 0.1) is 0 Å². The second kappa shape index (κ2) is 12.2. The van der Waals surface area contributed by atoms with Gasteiger partial charge in [-0.25, -0.2) is 15.0 Å². The highest BCUT2D eigenvalue weighted by atomic mass is 16.5. The minimum atomic E-state index is -0.0253. The molecule has 1 fully saturated rings. The number of aromatic nitrogens is 5. The monoisotopic (exact) mass is 542 g/mol. The number of Topliss-reactive ketones (excluding diaryl/α,β-unsaturated/α-hetero) is 1. The highest BCUT2D eigenvalue weighted by Gasteiger charge is 2.20. The number of hydrogen-bond acceptors (Lipinski definition) is 10. The van der Waals surface area contributed by atoms with Gasteiger partial charge in [-0.15, -0.1) is 0 Å². The van der Waals surface area contributed by atoms with Crippen molar-refractivity contribution in [2.75, 3.05) is 44.0 Å². The van der Waals surface area contributed by atoms with Crippen LogP contribution in [0.4, 0.5) is 23.0 Å². The van der Waals surface area contributed by atoms with Crippen molar-refractivity contribution in [1.29, 1.82) is 0 Å². The van der Waals surface area contributed by atoms with Gasteiger partial charge in [0.2, 0.25) is 0 Å². The SMILES string of the molecule is CCC(=O)c1cnc(Nc2ccc([C@@H](C)N3CCOCC3)cn2)cc1Nc1cccc(-c2ncn(C)n2)c1OC. The smallest absolute Gasteiger partial charge is 0.184 e. The van der Waals surface area contributed by atoms with Gasteiger partial charge in [0, 0.05) is 51.1 Å². The Bertz CT molecular complexity index is 1460. The van der Waals surface area contributed by atoms with Crippen molar-refractivity contribution in [2.45, 2.75) is 26.3 Å². The molecule has 4 aromatic rings. The number of methoxy groups -OCH3 is 1. The summed E-state index contributed by atoms with van der Waals surface area (Å²) >= 11 is 0. The molecular weight excluding hydrogens is 508 g/mol. The maximum Gasteiger partial charge on any atom is 0.184 e. The zero-order chi connectivity index (χ0) is 28.1. The fraction of sp³-hybridized carbons (Fsp3) is 0.345. The van der Waals surface area contributed by atoms with Crippen LogP contribution in [0.5, 0.6) is 5.75 Å². The minimum Gasteiger partial charge on any atom is -0.494 e. The van der Waals surface area contributed by atoms with Gasteiger partial charge in [0.25, 0.3) is 0 Å². The third kappa shape index (κ3) is 5.95. The number of pyridine rings is 2. The molecule has 0 saturated carbocycles. The van der Waals surface area contributed by atoms with Gasteiger partial charge in [-0.3, -0.25) is 14.4 Å². The fourth-order valence-corrected chi connectivity index (χ4v) is 4.71. The second-order valence-electron chi connectivity index (χ2n) is 9.57. The highest BCUT2D eigenvalue weighted by molar-refractivity contribution is 6.02. The van der Waals surface area contributed by atoms with Gasteiger partial charge >= 0.3 is 0 Å². The molecule has 4 heterocycles. The van der Waals surface area contributed by atoms with Crippen LogP contribution >= 0.6 is 0 Å². The van der Waals surface area contributed by atoms with E-state index in [1.54, 1.807) is 30.4 Å². The van der Waals surface area contributed by atoms with Gasteiger partial charge in [-0.05, 0) is 30.7 Å². The molecule has 3 aromatic heterocycles. The standard InChI is InChI=1S/C29H34N8O3/c1-5-25(38)22-17-31-27(34-26-10-9-20(16-30-26)19(2)37-11-13-40-14-12-37)15-24(22)33-23-8-6-7-21(28(23)39-4)29-32-18-36(3)35-29/h6-10,15-19H,5,11-14H2,1-4H3,(H2,30,31,33,34)/t19-/m1/s1. The lowest BCUT2D eigenvalue weighted by Crippen LogP contribution is -2.38. The van der Waals surface area contributed by atoms with E-state index in [4.69, 9.17) is 9.47 Å². The zero-order valence-electron chi connectivity index (χ0n) is 23.2. The molecule has 0 unspecified atom stereocenters. The number of rotatable bonds is 10. The fourth-order valence-electron chi connectivity index (χ4n) is 4.71. The van der Waals surface area contributed by atoms with Crippen LogP contribution in [0.15, 0.2) is 55.1 Å². The van der Waals surface area contributed by atoms with E-state index in [0.717, 1.165) is 37.4 Å². The van der Waals surface area contributed by atoms with Crippen LogP contribution in [0.2, 0.25) is 0 Å². The third-order valence-corrected chi connectivity index (χ3v) is 6.97. The number of carbonyl (C=O) groups excluding carboxylic acids is 1. The van der Waals surface area contributed by atoms with Crippen molar-refractivity contribution in [3.05, 3.63) is 66.2 Å². The molecule has 5 rings (SSSR count). The van der Waals surface area contributed by atoms with Gasteiger partial charge in [0.15, 0.2) is 17.4 Å². The molecule has 208 valence electrons. The number of morpholine rings is 1. The predicted molar refractivity (Wildman–Crippen MR) is 153 cm³/mol. The summed E-state index contributed by atoms with van der Waals surface area (Å²) in [6.45, 7) is 7.35. The van der Waals surface area contributed by atoms with Crippen LogP contribution in [0.25, 0.3) is 11.4 Å². The summed E-state index contributed by atoms with van der Waals surface area (Å²) in [5, 5.41) is 11.1. The molecule has 1 atom stereocenters. The quantitative estimate of drug-likeness (QED) is 0.272. The number of hydrogen-bond donors (Lipinski definition) is 2. The highest BCUT2D eigenvalue weighted by Crippen LogP contribution is 2.37. The molecule has 11 nitrogen and oxygen atoms in total. The van der Waals surface area contributed by atoms with E-state index in [9.17, 15) is 4.79 Å². The molecule has 1 aliphatic rings. The Morgan fingerprint density at radius 3 is 2.52 bits per heavy atom. The Balaban J connectivity index is 1.40. The first-order valence-electron chi connectivity index (χ1n) is 13.3. The first kappa shape index (κ1) is 27.2. The van der Waals surface area contributed by atoms with Gasteiger partial charge < -0.3 is 20.1 Å². The van der Waals surface area contributed by atoms with Crippen LogP contribution in [-0.4, -0.2) is 68.8 Å². The molecule has 0 bridgehead atoms. The Morgan fingerprint density at radius 1 is 1.05 bits per heavy atom. The van der Waals surface area contributed by atoms with Gasteiger partial charge in [-0.1, -0.05) is 19.1 Å². The third-order valence-electron chi connectivity index (χ3n) is 6.97. The number of nitrogens with zero attached hydrogens (tertiary/aromatic N) is 6. The van der Waals surface area contributed by atoms with Crippen molar-refractivity contribution >= 4 is 28.8 Å². The summed E-state index contributed by atoms with van der Waals surface area (Å²) in [6.07, 6.45) is 5.46. The number of benzene rings is 1. The molecule has 40 heavy (non-hydrogen) atoms. The molecule has 0 amide bonds. The van der Waals surface area contributed by atoms with Crippen LogP contribution < -0.4 is 15.4 Å².